The van der Waals surface area contributed by atoms with Gasteiger partial charge in [0, 0.05) is 0 Å². The van der Waals surface area contributed by atoms with Crippen LogP contribution in [0.4, 0.5) is 0 Å². The zero-order valence-electron chi connectivity index (χ0n) is 7.48. The average Bonchev–Trinajstić information content (AvgIpc) is 1.94. The fourth-order valence-electron chi connectivity index (χ4n) is 0.695. The molecule has 0 atom stereocenters. The number of phenolic OH excluding ortho intramolecular Hbond substituents is 1. The van der Waals surface area contributed by atoms with E-state index in [-0.39, 0.29) is 69.9 Å². The van der Waals surface area contributed by atoms with E-state index < -0.39 is 5.97 Å². The van der Waals surface area contributed by atoms with Crippen LogP contribution in [0.2, 0.25) is 0 Å². The topological polar surface area (TPSA) is 77.8 Å². The average molecular weight is 194 g/mol. The summed E-state index contributed by atoms with van der Waals surface area (Å²) in [4.78, 5) is 10.3. The van der Waals surface area contributed by atoms with E-state index in [1.54, 1.807) is 0 Å². The van der Waals surface area contributed by atoms with E-state index in [1.165, 1.54) is 6.07 Å². The number of benzene rings is 1. The molecule has 0 amide bonds. The van der Waals surface area contributed by atoms with Gasteiger partial charge in [0.1, 0.15) is 17.1 Å². The molecule has 0 saturated carbocycles. The molecule has 0 saturated heterocycles. The molecule has 0 bridgehead atoms. The molecule has 3 N–H and O–H groups in total. The van der Waals surface area contributed by atoms with Crippen molar-refractivity contribution in [3.8, 4) is 11.5 Å². The summed E-state index contributed by atoms with van der Waals surface area (Å²) in [5, 5.41) is 26.1. The summed E-state index contributed by atoms with van der Waals surface area (Å²) in [5.41, 5.74) is -0.301. The Balaban J connectivity index is 0. The molecule has 0 unspecified atom stereocenters. The molecule has 0 heterocycles. The van der Waals surface area contributed by atoms with Gasteiger partial charge >= 0.3 is 57.4 Å². The van der Waals surface area contributed by atoms with Gasteiger partial charge in [-0.05, 0) is 18.2 Å². The third-order valence-electron chi connectivity index (χ3n) is 1.21. The van der Waals surface area contributed by atoms with Crippen LogP contribution in [0.25, 0.3) is 0 Å². The van der Waals surface area contributed by atoms with Crippen LogP contribution in [0.5, 0.6) is 11.5 Å². The summed E-state index contributed by atoms with van der Waals surface area (Å²) in [6, 6.07) is 3.32. The molecular formula is C7H7KO4. The van der Waals surface area contributed by atoms with Crippen LogP contribution < -0.4 is 51.4 Å². The van der Waals surface area contributed by atoms with Crippen molar-refractivity contribution in [2.24, 2.45) is 0 Å². The van der Waals surface area contributed by atoms with Crippen molar-refractivity contribution in [3.05, 3.63) is 23.8 Å². The van der Waals surface area contributed by atoms with Gasteiger partial charge in [0.05, 0.1) is 0 Å². The SMILES string of the molecule is O=C(O)c1cc(O)ccc1O.[H-].[K+]. The van der Waals surface area contributed by atoms with Gasteiger partial charge in [-0.15, -0.1) is 0 Å². The summed E-state index contributed by atoms with van der Waals surface area (Å²) in [7, 11) is 0. The quantitative estimate of drug-likeness (QED) is 0.354. The Labute approximate surface area is 113 Å². The molecule has 5 heteroatoms. The van der Waals surface area contributed by atoms with E-state index in [9.17, 15) is 4.79 Å². The maximum atomic E-state index is 10.3. The van der Waals surface area contributed by atoms with Gasteiger partial charge < -0.3 is 16.7 Å². The van der Waals surface area contributed by atoms with Crippen LogP contribution in [-0.4, -0.2) is 21.3 Å². The first kappa shape index (κ1) is 11.9. The standard InChI is InChI=1S/C7H6O4.K.H/c8-4-1-2-6(9)5(3-4)7(10)11;;/h1-3,8-9H,(H,10,11);;/q;+1;-1. The van der Waals surface area contributed by atoms with Crippen molar-refractivity contribution in [1.82, 2.24) is 0 Å². The van der Waals surface area contributed by atoms with Gasteiger partial charge in [0.15, 0.2) is 0 Å². The minimum absolute atomic E-state index is 0. The number of aromatic carboxylic acids is 1. The summed E-state index contributed by atoms with van der Waals surface area (Å²) in [5.74, 6) is -1.80. The van der Waals surface area contributed by atoms with Gasteiger partial charge in [-0.3, -0.25) is 0 Å². The molecule has 1 aromatic rings. The Morgan fingerprint density at radius 1 is 1.33 bits per heavy atom. The summed E-state index contributed by atoms with van der Waals surface area (Å²) >= 11 is 0. The Bertz CT molecular complexity index is 303. The van der Waals surface area contributed by atoms with Crippen LogP contribution >= 0.6 is 0 Å². The minimum atomic E-state index is -1.27. The fraction of sp³-hybridized carbons (Fsp3) is 0. The molecule has 1 rings (SSSR count). The Kier molecular flexibility index (Phi) is 4.80. The van der Waals surface area contributed by atoms with Gasteiger partial charge in [0.25, 0.3) is 0 Å². The normalized spacial score (nSPS) is 8.67. The molecule has 0 aliphatic rings. The molecule has 0 spiro atoms. The first-order valence-electron chi connectivity index (χ1n) is 2.86. The van der Waals surface area contributed by atoms with Crippen molar-refractivity contribution in [1.29, 1.82) is 0 Å². The minimum Gasteiger partial charge on any atom is -1.00 e. The van der Waals surface area contributed by atoms with Crippen LogP contribution in [0.15, 0.2) is 18.2 Å². The molecule has 4 nitrogen and oxygen atoms in total. The smallest absolute Gasteiger partial charge is 1.00 e. The monoisotopic (exact) mass is 194 g/mol. The molecule has 0 aliphatic carbocycles. The zero-order valence-corrected chi connectivity index (χ0v) is 9.61. The van der Waals surface area contributed by atoms with Gasteiger partial charge in [-0.25, -0.2) is 4.79 Å². The van der Waals surface area contributed by atoms with Crippen molar-refractivity contribution in [3.63, 3.8) is 0 Å². The molecule has 0 aromatic heterocycles. The van der Waals surface area contributed by atoms with E-state index in [1.807, 2.05) is 0 Å². The van der Waals surface area contributed by atoms with Crippen LogP contribution in [-0.2, 0) is 0 Å². The van der Waals surface area contributed by atoms with Gasteiger partial charge in [-0.1, -0.05) is 0 Å². The second-order valence-corrected chi connectivity index (χ2v) is 2.01. The first-order chi connectivity index (χ1) is 5.11. The summed E-state index contributed by atoms with van der Waals surface area (Å²) in [6.45, 7) is 0. The first-order valence-corrected chi connectivity index (χ1v) is 2.86. The van der Waals surface area contributed by atoms with Crippen molar-refractivity contribution in [2.75, 3.05) is 0 Å². The Morgan fingerprint density at radius 2 is 1.92 bits per heavy atom. The van der Waals surface area contributed by atoms with E-state index >= 15 is 0 Å². The molecular weight excluding hydrogens is 187 g/mol. The van der Waals surface area contributed by atoms with Crippen LogP contribution in [0.3, 0.4) is 0 Å². The predicted octanol–water partition coefficient (Wildman–Crippen LogP) is -2.09. The number of carboxylic acid groups (broad SMARTS) is 1. The molecule has 60 valence electrons. The van der Waals surface area contributed by atoms with Crippen molar-refractivity contribution < 1.29 is 72.9 Å². The number of aromatic hydroxyl groups is 2. The van der Waals surface area contributed by atoms with Crippen molar-refractivity contribution >= 4 is 5.97 Å². The maximum Gasteiger partial charge on any atom is 1.00 e. The number of carboxylic acids is 1. The number of rotatable bonds is 1. The Hall–Kier alpha value is -0.0736. The summed E-state index contributed by atoms with van der Waals surface area (Å²) < 4.78 is 0. The largest absolute Gasteiger partial charge is 1.00 e. The second kappa shape index (κ2) is 4.83. The summed E-state index contributed by atoms with van der Waals surface area (Å²) in [6.07, 6.45) is 0. The fourth-order valence-corrected chi connectivity index (χ4v) is 0.695. The predicted molar refractivity (Wildman–Crippen MR) is 37.8 cm³/mol. The maximum absolute atomic E-state index is 10.3. The number of carbonyl (C=O) groups is 1. The molecule has 0 radical (unpaired) electrons. The molecule has 0 fully saturated rings. The van der Waals surface area contributed by atoms with E-state index in [0.29, 0.717) is 0 Å². The molecule has 1 aromatic carbocycles. The third kappa shape index (κ3) is 2.76. The Morgan fingerprint density at radius 3 is 2.33 bits per heavy atom. The van der Waals surface area contributed by atoms with E-state index in [0.717, 1.165) is 12.1 Å². The second-order valence-electron chi connectivity index (χ2n) is 2.01. The number of hydrogen-bond donors (Lipinski definition) is 3. The third-order valence-corrected chi connectivity index (χ3v) is 1.21. The van der Waals surface area contributed by atoms with Gasteiger partial charge in [0.2, 0.25) is 0 Å². The molecule has 0 aliphatic heterocycles. The van der Waals surface area contributed by atoms with E-state index in [2.05, 4.69) is 0 Å². The van der Waals surface area contributed by atoms with Crippen molar-refractivity contribution in [2.45, 2.75) is 0 Å². The molecule has 12 heavy (non-hydrogen) atoms. The zero-order chi connectivity index (χ0) is 8.43. The van der Waals surface area contributed by atoms with Crippen LogP contribution in [0, 0.1) is 0 Å². The number of phenols is 2. The van der Waals surface area contributed by atoms with Crippen LogP contribution in [0.1, 0.15) is 11.8 Å². The number of hydrogen-bond acceptors (Lipinski definition) is 3. The van der Waals surface area contributed by atoms with E-state index in [4.69, 9.17) is 15.3 Å². The van der Waals surface area contributed by atoms with Gasteiger partial charge in [-0.2, -0.15) is 0 Å².